The van der Waals surface area contributed by atoms with Crippen molar-refractivity contribution in [3.05, 3.63) is 23.8 Å². The molecule has 25 heavy (non-hydrogen) atoms. The molecule has 0 aromatic carbocycles. The van der Waals surface area contributed by atoms with E-state index in [1.165, 1.54) is 24.0 Å². The van der Waals surface area contributed by atoms with Gasteiger partial charge in [-0.15, -0.1) is 0 Å². The van der Waals surface area contributed by atoms with E-state index in [9.17, 15) is 9.90 Å². The quantitative estimate of drug-likeness (QED) is 0.686. The van der Waals surface area contributed by atoms with Gasteiger partial charge in [0.15, 0.2) is 5.78 Å². The van der Waals surface area contributed by atoms with Gasteiger partial charge in [0.05, 0.1) is 5.60 Å². The summed E-state index contributed by atoms with van der Waals surface area (Å²) in [5.41, 5.74) is 2.21. The number of ketones is 1. The van der Waals surface area contributed by atoms with E-state index in [1.807, 2.05) is 19.9 Å². The van der Waals surface area contributed by atoms with E-state index in [1.54, 1.807) is 0 Å². The Hall–Kier alpha value is -0.890. The highest BCUT2D eigenvalue weighted by atomic mass is 16.3. The molecule has 4 aliphatic carbocycles. The molecule has 3 saturated carbocycles. The third kappa shape index (κ3) is 2.51. The summed E-state index contributed by atoms with van der Waals surface area (Å²) in [4.78, 5) is 11.9. The normalized spacial score (nSPS) is 47.0. The van der Waals surface area contributed by atoms with Crippen LogP contribution in [0.5, 0.6) is 0 Å². The van der Waals surface area contributed by atoms with Gasteiger partial charge in [-0.1, -0.05) is 31.6 Å². The molecule has 7 atom stereocenters. The lowest BCUT2D eigenvalue weighted by Crippen LogP contribution is -2.52. The first-order valence-corrected chi connectivity index (χ1v) is 10.3. The lowest BCUT2D eigenvalue weighted by atomic mass is 9.48. The van der Waals surface area contributed by atoms with Gasteiger partial charge in [-0.25, -0.2) is 0 Å². The topological polar surface area (TPSA) is 37.3 Å². The van der Waals surface area contributed by atoms with E-state index in [2.05, 4.69) is 20.4 Å². The molecule has 0 saturated heterocycles. The van der Waals surface area contributed by atoms with Crippen molar-refractivity contribution in [3.63, 3.8) is 0 Å². The van der Waals surface area contributed by atoms with Crippen molar-refractivity contribution in [3.8, 4) is 0 Å². The van der Waals surface area contributed by atoms with Crippen LogP contribution in [0.4, 0.5) is 0 Å². The summed E-state index contributed by atoms with van der Waals surface area (Å²) in [6, 6.07) is 0. The summed E-state index contributed by atoms with van der Waals surface area (Å²) < 4.78 is 0. The smallest absolute Gasteiger partial charge is 0.155 e. The molecule has 2 heteroatoms. The second-order valence-corrected chi connectivity index (χ2v) is 10.4. The fourth-order valence-electron chi connectivity index (χ4n) is 7.86. The maximum absolute atomic E-state index is 11.9. The van der Waals surface area contributed by atoms with Crippen molar-refractivity contribution in [2.45, 2.75) is 71.8 Å². The van der Waals surface area contributed by atoms with Gasteiger partial charge >= 0.3 is 0 Å². The van der Waals surface area contributed by atoms with E-state index in [-0.39, 0.29) is 11.3 Å². The standard InChI is InChI=1S/C23H34O2/c1-13-10-15-12-16(24)6-7-17(15)18-8-9-23(5)19(20(13)18)11-14(2)21(23)22(3,4)25/h12-13,17-21,25H,2,6-11H2,1,3-5H3/t13-,17+,18-,19-,20-,21+,23+/m1/s1. The third-order valence-electron chi connectivity index (χ3n) is 8.33. The molecule has 138 valence electrons. The molecular formula is C23H34O2. The van der Waals surface area contributed by atoms with E-state index in [0.29, 0.717) is 23.5 Å². The molecule has 3 fully saturated rings. The number of carbonyl (C=O) groups excluding carboxylic acids is 1. The van der Waals surface area contributed by atoms with Crippen LogP contribution in [0, 0.1) is 40.9 Å². The van der Waals surface area contributed by atoms with Gasteiger partial charge in [-0.05, 0) is 87.0 Å². The Balaban J connectivity index is 1.70. The number of carbonyl (C=O) groups is 1. The van der Waals surface area contributed by atoms with Crippen molar-refractivity contribution in [2.75, 3.05) is 0 Å². The van der Waals surface area contributed by atoms with Crippen LogP contribution >= 0.6 is 0 Å². The Bertz CT molecular complexity index is 637. The minimum atomic E-state index is -0.687. The highest BCUT2D eigenvalue weighted by molar-refractivity contribution is 5.91. The zero-order valence-corrected chi connectivity index (χ0v) is 16.3. The number of hydrogen-bond donors (Lipinski definition) is 1. The number of rotatable bonds is 1. The third-order valence-corrected chi connectivity index (χ3v) is 8.33. The monoisotopic (exact) mass is 342 g/mol. The summed E-state index contributed by atoms with van der Waals surface area (Å²) in [6.45, 7) is 13.2. The van der Waals surface area contributed by atoms with Crippen LogP contribution < -0.4 is 0 Å². The van der Waals surface area contributed by atoms with Crippen LogP contribution in [0.3, 0.4) is 0 Å². The highest BCUT2D eigenvalue weighted by Crippen LogP contribution is 2.67. The molecular weight excluding hydrogens is 308 g/mol. The zero-order valence-electron chi connectivity index (χ0n) is 16.3. The lowest BCUT2D eigenvalue weighted by Gasteiger charge is -2.57. The Morgan fingerprint density at radius 2 is 2.00 bits per heavy atom. The fourth-order valence-corrected chi connectivity index (χ4v) is 7.86. The average molecular weight is 343 g/mol. The Morgan fingerprint density at radius 3 is 2.68 bits per heavy atom. The van der Waals surface area contributed by atoms with Crippen molar-refractivity contribution in [1.29, 1.82) is 0 Å². The average Bonchev–Trinajstić information content (AvgIpc) is 2.76. The minimum Gasteiger partial charge on any atom is -0.390 e. The molecule has 0 unspecified atom stereocenters. The van der Waals surface area contributed by atoms with Crippen LogP contribution in [0.25, 0.3) is 0 Å². The summed E-state index contributed by atoms with van der Waals surface area (Å²) in [5.74, 6) is 3.92. The van der Waals surface area contributed by atoms with E-state index >= 15 is 0 Å². The van der Waals surface area contributed by atoms with Gasteiger partial charge in [0.2, 0.25) is 0 Å². The van der Waals surface area contributed by atoms with Crippen molar-refractivity contribution in [1.82, 2.24) is 0 Å². The van der Waals surface area contributed by atoms with Gasteiger partial charge in [-0.2, -0.15) is 0 Å². The van der Waals surface area contributed by atoms with Crippen molar-refractivity contribution < 1.29 is 9.90 Å². The van der Waals surface area contributed by atoms with E-state index in [4.69, 9.17) is 0 Å². The number of fused-ring (bicyclic) bond motifs is 5. The molecule has 0 spiro atoms. The summed E-state index contributed by atoms with van der Waals surface area (Å²) >= 11 is 0. The molecule has 1 N–H and O–H groups in total. The minimum absolute atomic E-state index is 0.177. The van der Waals surface area contributed by atoms with Crippen molar-refractivity contribution in [2.24, 2.45) is 40.9 Å². The summed E-state index contributed by atoms with van der Waals surface area (Å²) in [7, 11) is 0. The first-order valence-electron chi connectivity index (χ1n) is 10.3. The maximum atomic E-state index is 11.9. The molecule has 2 nitrogen and oxygen atoms in total. The molecule has 0 heterocycles. The number of allylic oxidation sites excluding steroid dienone is 1. The predicted molar refractivity (Wildman–Crippen MR) is 101 cm³/mol. The second kappa shape index (κ2) is 5.55. The van der Waals surface area contributed by atoms with Gasteiger partial charge in [0.1, 0.15) is 0 Å². The highest BCUT2D eigenvalue weighted by Gasteiger charge is 2.61. The molecule has 4 rings (SSSR count). The SMILES string of the molecule is C=C1C[C@@H]2[C@H]3[C@H](CC[C@]2(C)[C@@H]1C(C)(C)O)[C@H]1CCC(=O)C=C1C[C@H]3C. The van der Waals surface area contributed by atoms with Crippen LogP contribution in [0.15, 0.2) is 23.8 Å². The molecule has 0 radical (unpaired) electrons. The van der Waals surface area contributed by atoms with Crippen LogP contribution in [0.1, 0.15) is 66.2 Å². The largest absolute Gasteiger partial charge is 0.390 e. The molecule has 0 amide bonds. The molecule has 0 bridgehead atoms. The Morgan fingerprint density at radius 1 is 1.28 bits per heavy atom. The Kier molecular flexibility index (Phi) is 3.89. The number of hydrogen-bond acceptors (Lipinski definition) is 2. The van der Waals surface area contributed by atoms with E-state index in [0.717, 1.165) is 37.5 Å². The summed E-state index contributed by atoms with van der Waals surface area (Å²) in [6.07, 6.45) is 8.42. The van der Waals surface area contributed by atoms with Crippen LogP contribution in [0.2, 0.25) is 0 Å². The predicted octanol–water partition coefficient (Wildman–Crippen LogP) is 4.93. The van der Waals surface area contributed by atoms with Crippen LogP contribution in [-0.2, 0) is 4.79 Å². The second-order valence-electron chi connectivity index (χ2n) is 10.4. The molecule has 0 aromatic heterocycles. The maximum Gasteiger partial charge on any atom is 0.155 e. The van der Waals surface area contributed by atoms with Gasteiger partial charge in [-0.3, -0.25) is 4.79 Å². The first kappa shape index (κ1) is 17.5. The zero-order chi connectivity index (χ0) is 18.1. The van der Waals surface area contributed by atoms with Gasteiger partial charge < -0.3 is 5.11 Å². The lowest BCUT2D eigenvalue weighted by molar-refractivity contribution is -0.117. The fraction of sp³-hybridized carbons (Fsp3) is 0.783. The number of aliphatic hydroxyl groups is 1. The van der Waals surface area contributed by atoms with Gasteiger partial charge in [0, 0.05) is 12.3 Å². The Labute approximate surface area is 152 Å². The van der Waals surface area contributed by atoms with Crippen LogP contribution in [-0.4, -0.2) is 16.5 Å². The van der Waals surface area contributed by atoms with Crippen molar-refractivity contribution >= 4 is 5.78 Å². The first-order chi connectivity index (χ1) is 11.6. The summed E-state index contributed by atoms with van der Waals surface area (Å²) in [5, 5.41) is 10.9. The molecule has 4 aliphatic rings. The van der Waals surface area contributed by atoms with E-state index < -0.39 is 5.60 Å². The van der Waals surface area contributed by atoms with Gasteiger partial charge in [0.25, 0.3) is 0 Å². The molecule has 0 aromatic rings. The molecule has 0 aliphatic heterocycles.